The van der Waals surface area contributed by atoms with Gasteiger partial charge in [0.15, 0.2) is 0 Å². The number of nitrogens with two attached hydrogens (primary N) is 1. The fraction of sp³-hybridized carbons (Fsp3) is 0.250. The van der Waals surface area contributed by atoms with Gasteiger partial charge in [0.05, 0.1) is 6.54 Å². The Hall–Kier alpha value is -1.42. The van der Waals surface area contributed by atoms with Crippen LogP contribution < -0.4 is 11.2 Å². The van der Waals surface area contributed by atoms with Crippen LogP contribution in [0.4, 0.5) is 0 Å². The maximum atomic E-state index is 10.3. The zero-order valence-electron chi connectivity index (χ0n) is 7.32. The van der Waals surface area contributed by atoms with Gasteiger partial charge in [0.2, 0.25) is 5.91 Å². The van der Waals surface area contributed by atoms with Crippen LogP contribution in [0, 0.1) is 11.3 Å². The minimum absolute atomic E-state index is 0.156. The van der Waals surface area contributed by atoms with E-state index in [1.807, 2.05) is 12.1 Å². The number of nitrogens with one attached hydrogen (secondary N) is 1. The van der Waals surface area contributed by atoms with E-state index in [1.165, 1.54) is 11.3 Å². The van der Waals surface area contributed by atoms with Crippen molar-refractivity contribution in [2.24, 2.45) is 5.73 Å². The molecule has 1 aromatic rings. The SMILES string of the molecule is N#Cc1ccc(CNOCC(N)=O)s1. The molecular weight excluding hydrogens is 202 g/mol. The minimum atomic E-state index is -0.526. The van der Waals surface area contributed by atoms with Crippen LogP contribution in [0.3, 0.4) is 0 Å². The largest absolute Gasteiger partial charge is 0.368 e. The molecule has 0 saturated carbocycles. The van der Waals surface area contributed by atoms with Gasteiger partial charge >= 0.3 is 0 Å². The van der Waals surface area contributed by atoms with E-state index in [0.29, 0.717) is 11.4 Å². The van der Waals surface area contributed by atoms with Gasteiger partial charge in [-0.05, 0) is 12.1 Å². The third kappa shape index (κ3) is 3.53. The number of nitrogens with zero attached hydrogens (tertiary/aromatic N) is 1. The first-order chi connectivity index (χ1) is 6.72. The number of carbonyl (C=O) groups is 1. The Bertz CT molecular complexity index is 356. The molecule has 1 aromatic heterocycles. The maximum absolute atomic E-state index is 10.3. The lowest BCUT2D eigenvalue weighted by Gasteiger charge is -2.00. The molecule has 0 spiro atoms. The van der Waals surface area contributed by atoms with Gasteiger partial charge in [-0.25, -0.2) is 0 Å². The predicted molar refractivity (Wildman–Crippen MR) is 51.0 cm³/mol. The Morgan fingerprint density at radius 1 is 1.71 bits per heavy atom. The number of primary amides is 1. The standard InChI is InChI=1S/C8H9N3O2S/c9-3-6-1-2-7(14-6)4-11-13-5-8(10)12/h1-2,11H,4-5H2,(H2,10,12). The highest BCUT2D eigenvalue weighted by molar-refractivity contribution is 7.12. The Kier molecular flexibility index (Phi) is 4.07. The molecule has 0 saturated heterocycles. The third-order valence-corrected chi connectivity index (χ3v) is 2.32. The smallest absolute Gasteiger partial charge is 0.245 e. The van der Waals surface area contributed by atoms with Crippen molar-refractivity contribution in [1.29, 1.82) is 5.26 Å². The molecular formula is C8H9N3O2S. The average Bonchev–Trinajstić information content (AvgIpc) is 2.60. The molecule has 3 N–H and O–H groups in total. The number of hydrogen-bond acceptors (Lipinski definition) is 5. The van der Waals surface area contributed by atoms with Crippen molar-refractivity contribution in [2.45, 2.75) is 6.54 Å². The topological polar surface area (TPSA) is 88.1 Å². The fourth-order valence-corrected chi connectivity index (χ4v) is 1.51. The van der Waals surface area contributed by atoms with Gasteiger partial charge in [0.1, 0.15) is 17.6 Å². The summed E-state index contributed by atoms with van der Waals surface area (Å²) in [7, 11) is 0. The Labute approximate surface area is 85.0 Å². The molecule has 0 aliphatic carbocycles. The second-order valence-electron chi connectivity index (χ2n) is 2.45. The van der Waals surface area contributed by atoms with E-state index in [0.717, 1.165) is 4.88 Å². The van der Waals surface area contributed by atoms with Crippen LogP contribution in [0.15, 0.2) is 12.1 Å². The molecule has 0 aliphatic heterocycles. The second kappa shape index (κ2) is 5.34. The molecule has 0 aromatic carbocycles. The molecule has 0 fully saturated rings. The van der Waals surface area contributed by atoms with Gasteiger partial charge in [-0.3, -0.25) is 9.63 Å². The van der Waals surface area contributed by atoms with Crippen molar-refractivity contribution in [3.8, 4) is 6.07 Å². The first kappa shape index (κ1) is 10.7. The monoisotopic (exact) mass is 211 g/mol. The van der Waals surface area contributed by atoms with Crippen molar-refractivity contribution in [3.63, 3.8) is 0 Å². The summed E-state index contributed by atoms with van der Waals surface area (Å²) in [4.78, 5) is 16.6. The fourth-order valence-electron chi connectivity index (χ4n) is 0.777. The zero-order valence-corrected chi connectivity index (χ0v) is 8.13. The lowest BCUT2D eigenvalue weighted by Crippen LogP contribution is -2.24. The van der Waals surface area contributed by atoms with Gasteiger partial charge in [0, 0.05) is 4.88 Å². The van der Waals surface area contributed by atoms with Crippen LogP contribution in [-0.2, 0) is 16.2 Å². The molecule has 0 atom stereocenters. The zero-order chi connectivity index (χ0) is 10.4. The molecule has 0 radical (unpaired) electrons. The summed E-state index contributed by atoms with van der Waals surface area (Å²) in [5, 5.41) is 8.54. The van der Waals surface area contributed by atoms with E-state index in [4.69, 9.17) is 15.8 Å². The first-order valence-electron chi connectivity index (χ1n) is 3.84. The van der Waals surface area contributed by atoms with Crippen molar-refractivity contribution in [3.05, 3.63) is 21.9 Å². The number of hydroxylamine groups is 1. The molecule has 5 nitrogen and oxygen atoms in total. The molecule has 0 unspecified atom stereocenters. The molecule has 1 heterocycles. The molecule has 6 heteroatoms. The van der Waals surface area contributed by atoms with Crippen LogP contribution >= 0.6 is 11.3 Å². The molecule has 0 aliphatic rings. The van der Waals surface area contributed by atoms with E-state index in [9.17, 15) is 4.79 Å². The van der Waals surface area contributed by atoms with Crippen LogP contribution in [0.2, 0.25) is 0 Å². The molecule has 1 rings (SSSR count). The summed E-state index contributed by atoms with van der Waals surface area (Å²) in [6.07, 6.45) is 0. The molecule has 1 amide bonds. The van der Waals surface area contributed by atoms with Gasteiger partial charge in [0.25, 0.3) is 0 Å². The quantitative estimate of drug-likeness (QED) is 0.535. The van der Waals surface area contributed by atoms with Crippen molar-refractivity contribution >= 4 is 17.2 Å². The van der Waals surface area contributed by atoms with Gasteiger partial charge in [-0.15, -0.1) is 11.3 Å². The summed E-state index contributed by atoms with van der Waals surface area (Å²) in [6, 6.07) is 5.59. The van der Waals surface area contributed by atoms with Crippen LogP contribution in [0.5, 0.6) is 0 Å². The van der Waals surface area contributed by atoms with Crippen molar-refractivity contribution in [2.75, 3.05) is 6.61 Å². The Balaban J connectivity index is 2.25. The van der Waals surface area contributed by atoms with Gasteiger partial charge in [-0.2, -0.15) is 10.7 Å². The van der Waals surface area contributed by atoms with Crippen molar-refractivity contribution in [1.82, 2.24) is 5.48 Å². The first-order valence-corrected chi connectivity index (χ1v) is 4.66. The third-order valence-electron chi connectivity index (χ3n) is 1.33. The number of rotatable bonds is 5. The number of amides is 1. The van der Waals surface area contributed by atoms with Crippen LogP contribution in [0.1, 0.15) is 9.75 Å². The van der Waals surface area contributed by atoms with E-state index in [2.05, 4.69) is 5.48 Å². The van der Waals surface area contributed by atoms with E-state index >= 15 is 0 Å². The predicted octanol–water partition coefficient (Wildman–Crippen LogP) is 0.126. The highest BCUT2D eigenvalue weighted by atomic mass is 32.1. The average molecular weight is 211 g/mol. The Morgan fingerprint density at radius 3 is 3.07 bits per heavy atom. The summed E-state index contributed by atoms with van der Waals surface area (Å²) in [5.41, 5.74) is 7.42. The Morgan fingerprint density at radius 2 is 2.50 bits per heavy atom. The summed E-state index contributed by atoms with van der Waals surface area (Å²) in [6.45, 7) is 0.302. The van der Waals surface area contributed by atoms with Gasteiger partial charge < -0.3 is 5.73 Å². The summed E-state index contributed by atoms with van der Waals surface area (Å²) >= 11 is 1.37. The maximum Gasteiger partial charge on any atom is 0.245 e. The minimum Gasteiger partial charge on any atom is -0.368 e. The number of nitriles is 1. The molecule has 14 heavy (non-hydrogen) atoms. The number of hydrogen-bond donors (Lipinski definition) is 2. The summed E-state index contributed by atoms with van der Waals surface area (Å²) < 4.78 is 0. The van der Waals surface area contributed by atoms with Gasteiger partial charge in [-0.1, -0.05) is 0 Å². The lowest BCUT2D eigenvalue weighted by atomic mass is 10.4. The highest BCUT2D eigenvalue weighted by Crippen LogP contribution is 2.14. The highest BCUT2D eigenvalue weighted by Gasteiger charge is 1.99. The molecule has 74 valence electrons. The number of carbonyl (C=O) groups excluding carboxylic acids is 1. The second-order valence-corrected chi connectivity index (χ2v) is 3.62. The van der Waals surface area contributed by atoms with E-state index in [1.54, 1.807) is 6.07 Å². The summed E-state index contributed by atoms with van der Waals surface area (Å²) in [5.74, 6) is -0.526. The molecule has 0 bridgehead atoms. The number of thiophene rings is 1. The van der Waals surface area contributed by atoms with Crippen molar-refractivity contribution < 1.29 is 9.63 Å². The van der Waals surface area contributed by atoms with Crippen LogP contribution in [0.25, 0.3) is 0 Å². The lowest BCUT2D eigenvalue weighted by molar-refractivity contribution is -0.125. The van der Waals surface area contributed by atoms with E-state index in [-0.39, 0.29) is 6.61 Å². The van der Waals surface area contributed by atoms with E-state index < -0.39 is 5.91 Å². The normalized spacial score (nSPS) is 9.64. The van der Waals surface area contributed by atoms with Crippen LogP contribution in [-0.4, -0.2) is 12.5 Å².